The molecule has 1 N–H and O–H groups in total. The summed E-state index contributed by atoms with van der Waals surface area (Å²) in [4.78, 5) is 28.4. The van der Waals surface area contributed by atoms with E-state index in [9.17, 15) is 18.4 Å². The van der Waals surface area contributed by atoms with Gasteiger partial charge in [-0.25, -0.2) is 18.6 Å². The van der Waals surface area contributed by atoms with Crippen LogP contribution in [0.2, 0.25) is 0 Å². The summed E-state index contributed by atoms with van der Waals surface area (Å²) in [5.74, 6) is -2.42. The Balaban J connectivity index is 1.59. The fourth-order valence-electron chi connectivity index (χ4n) is 2.70. The standard InChI is InChI=1S/C21H18F2N2O4/c1-12(16-9-8-15(22)10-17(16)23)24-18(26)11-28-21(27)19-13(2)29-20(25-19)14-6-4-3-5-7-14/h3-10,12H,11H2,1-2H3,(H,24,26)/t12-/m1/s1. The zero-order valence-corrected chi connectivity index (χ0v) is 15.7. The van der Waals surface area contributed by atoms with Gasteiger partial charge in [0.2, 0.25) is 5.89 Å². The number of nitrogens with zero attached hydrogens (tertiary/aromatic N) is 1. The Hall–Kier alpha value is -3.55. The number of carbonyl (C=O) groups excluding carboxylic acids is 2. The normalized spacial score (nSPS) is 11.7. The van der Waals surface area contributed by atoms with Crippen LogP contribution in [0.1, 0.15) is 34.8 Å². The molecule has 0 saturated carbocycles. The monoisotopic (exact) mass is 400 g/mol. The number of nitrogens with one attached hydrogen (secondary N) is 1. The highest BCUT2D eigenvalue weighted by Gasteiger charge is 2.21. The molecule has 1 atom stereocenters. The minimum absolute atomic E-state index is 0.0331. The highest BCUT2D eigenvalue weighted by atomic mass is 19.1. The van der Waals surface area contributed by atoms with Crippen LogP contribution in [0.5, 0.6) is 0 Å². The maximum atomic E-state index is 13.8. The van der Waals surface area contributed by atoms with Crippen molar-refractivity contribution in [3.63, 3.8) is 0 Å². The Morgan fingerprint density at radius 1 is 1.17 bits per heavy atom. The van der Waals surface area contributed by atoms with Gasteiger partial charge >= 0.3 is 5.97 Å². The third-order valence-electron chi connectivity index (χ3n) is 4.15. The van der Waals surface area contributed by atoms with Crippen molar-refractivity contribution in [3.8, 4) is 11.5 Å². The van der Waals surface area contributed by atoms with Crippen LogP contribution in [-0.2, 0) is 9.53 Å². The van der Waals surface area contributed by atoms with Gasteiger partial charge in [0.15, 0.2) is 12.3 Å². The van der Waals surface area contributed by atoms with E-state index in [1.807, 2.05) is 18.2 Å². The van der Waals surface area contributed by atoms with Crippen LogP contribution in [0.3, 0.4) is 0 Å². The molecule has 2 aromatic carbocycles. The van der Waals surface area contributed by atoms with Crippen molar-refractivity contribution in [2.75, 3.05) is 6.61 Å². The Morgan fingerprint density at radius 3 is 2.59 bits per heavy atom. The first kappa shape index (κ1) is 20.2. The number of aryl methyl sites for hydroxylation is 1. The van der Waals surface area contributed by atoms with Crippen LogP contribution < -0.4 is 5.32 Å². The molecular weight excluding hydrogens is 382 g/mol. The number of amides is 1. The van der Waals surface area contributed by atoms with E-state index in [4.69, 9.17) is 9.15 Å². The van der Waals surface area contributed by atoms with Gasteiger partial charge < -0.3 is 14.5 Å². The first-order chi connectivity index (χ1) is 13.8. The van der Waals surface area contributed by atoms with E-state index in [-0.39, 0.29) is 22.9 Å². The highest BCUT2D eigenvalue weighted by molar-refractivity contribution is 5.91. The van der Waals surface area contributed by atoms with Crippen molar-refractivity contribution in [2.45, 2.75) is 19.9 Å². The topological polar surface area (TPSA) is 81.4 Å². The maximum Gasteiger partial charge on any atom is 0.361 e. The van der Waals surface area contributed by atoms with Crippen LogP contribution in [0.4, 0.5) is 8.78 Å². The van der Waals surface area contributed by atoms with Crippen molar-refractivity contribution in [2.24, 2.45) is 0 Å². The molecular formula is C21H18F2N2O4. The molecule has 0 fully saturated rings. The smallest absolute Gasteiger partial charge is 0.361 e. The summed E-state index contributed by atoms with van der Waals surface area (Å²) >= 11 is 0. The molecule has 0 saturated heterocycles. The highest BCUT2D eigenvalue weighted by Crippen LogP contribution is 2.22. The summed E-state index contributed by atoms with van der Waals surface area (Å²) in [6.07, 6.45) is 0. The van der Waals surface area contributed by atoms with Crippen LogP contribution in [0.15, 0.2) is 52.9 Å². The molecule has 0 spiro atoms. The van der Waals surface area contributed by atoms with Gasteiger partial charge in [0.25, 0.3) is 5.91 Å². The van der Waals surface area contributed by atoms with Gasteiger partial charge in [0.05, 0.1) is 6.04 Å². The average Bonchev–Trinajstić information content (AvgIpc) is 3.08. The number of hydrogen-bond donors (Lipinski definition) is 1. The Morgan fingerprint density at radius 2 is 1.90 bits per heavy atom. The lowest BCUT2D eigenvalue weighted by molar-refractivity contribution is -0.124. The fraction of sp³-hybridized carbons (Fsp3) is 0.190. The number of ether oxygens (including phenoxy) is 1. The van der Waals surface area contributed by atoms with Gasteiger partial charge in [-0.05, 0) is 32.0 Å². The van der Waals surface area contributed by atoms with Crippen molar-refractivity contribution >= 4 is 11.9 Å². The molecule has 1 aromatic heterocycles. The number of rotatable bonds is 6. The summed E-state index contributed by atoms with van der Waals surface area (Å²) in [7, 11) is 0. The molecule has 0 unspecified atom stereocenters. The van der Waals surface area contributed by atoms with Gasteiger partial charge in [0, 0.05) is 17.2 Å². The van der Waals surface area contributed by atoms with Crippen LogP contribution in [0.25, 0.3) is 11.5 Å². The molecule has 3 rings (SSSR count). The van der Waals surface area contributed by atoms with Crippen LogP contribution in [0, 0.1) is 18.6 Å². The molecule has 0 aliphatic heterocycles. The lowest BCUT2D eigenvalue weighted by Gasteiger charge is -2.15. The van der Waals surface area contributed by atoms with Gasteiger partial charge in [0.1, 0.15) is 17.4 Å². The number of carbonyl (C=O) groups is 2. The molecule has 0 radical (unpaired) electrons. The Labute approximate surface area is 165 Å². The summed E-state index contributed by atoms with van der Waals surface area (Å²) in [6.45, 7) is 2.51. The average molecular weight is 400 g/mol. The van der Waals surface area contributed by atoms with E-state index < -0.39 is 36.2 Å². The number of esters is 1. The van der Waals surface area contributed by atoms with E-state index in [2.05, 4.69) is 10.3 Å². The number of benzene rings is 2. The zero-order valence-electron chi connectivity index (χ0n) is 15.7. The van der Waals surface area contributed by atoms with Crippen molar-refractivity contribution < 1.29 is 27.5 Å². The second kappa shape index (κ2) is 8.64. The first-order valence-corrected chi connectivity index (χ1v) is 8.79. The summed E-state index contributed by atoms with van der Waals surface area (Å²) in [5.41, 5.74) is 0.780. The zero-order chi connectivity index (χ0) is 21.0. The molecule has 3 aromatic rings. The molecule has 6 nitrogen and oxygen atoms in total. The fourth-order valence-corrected chi connectivity index (χ4v) is 2.70. The number of hydrogen-bond acceptors (Lipinski definition) is 5. The van der Waals surface area contributed by atoms with Gasteiger partial charge in [-0.3, -0.25) is 4.79 Å². The third kappa shape index (κ3) is 4.84. The predicted octanol–water partition coefficient (Wildman–Crippen LogP) is 3.96. The maximum absolute atomic E-state index is 13.8. The number of halogens is 2. The molecule has 0 aliphatic carbocycles. The quantitative estimate of drug-likeness (QED) is 0.634. The van der Waals surface area contributed by atoms with E-state index >= 15 is 0 Å². The number of oxazole rings is 1. The summed E-state index contributed by atoms with van der Waals surface area (Å²) < 4.78 is 37.2. The lowest BCUT2D eigenvalue weighted by Crippen LogP contribution is -2.31. The van der Waals surface area contributed by atoms with Gasteiger partial charge in [-0.2, -0.15) is 0 Å². The summed E-state index contributed by atoms with van der Waals surface area (Å²) in [5, 5.41) is 2.49. The molecule has 29 heavy (non-hydrogen) atoms. The Bertz CT molecular complexity index is 1030. The minimum Gasteiger partial charge on any atom is -0.451 e. The van der Waals surface area contributed by atoms with E-state index in [1.54, 1.807) is 19.1 Å². The molecule has 0 aliphatic rings. The molecule has 1 heterocycles. The van der Waals surface area contributed by atoms with Crippen molar-refractivity contribution in [1.82, 2.24) is 10.3 Å². The first-order valence-electron chi connectivity index (χ1n) is 8.79. The molecule has 150 valence electrons. The Kier molecular flexibility index (Phi) is 6.01. The van der Waals surface area contributed by atoms with Crippen molar-refractivity contribution in [3.05, 3.63) is 77.2 Å². The SMILES string of the molecule is Cc1oc(-c2ccccc2)nc1C(=O)OCC(=O)N[C@H](C)c1ccc(F)cc1F. The van der Waals surface area contributed by atoms with E-state index in [1.165, 1.54) is 13.0 Å². The number of aromatic nitrogens is 1. The third-order valence-corrected chi connectivity index (χ3v) is 4.15. The largest absolute Gasteiger partial charge is 0.451 e. The van der Waals surface area contributed by atoms with E-state index in [0.29, 0.717) is 5.56 Å². The van der Waals surface area contributed by atoms with Gasteiger partial charge in [-0.15, -0.1) is 0 Å². The van der Waals surface area contributed by atoms with Crippen LogP contribution in [-0.4, -0.2) is 23.5 Å². The van der Waals surface area contributed by atoms with Gasteiger partial charge in [-0.1, -0.05) is 24.3 Å². The predicted molar refractivity (Wildman–Crippen MR) is 99.9 cm³/mol. The van der Waals surface area contributed by atoms with Crippen LogP contribution >= 0.6 is 0 Å². The van der Waals surface area contributed by atoms with Crippen molar-refractivity contribution in [1.29, 1.82) is 0 Å². The lowest BCUT2D eigenvalue weighted by atomic mass is 10.1. The van der Waals surface area contributed by atoms with E-state index in [0.717, 1.165) is 12.1 Å². The molecule has 0 bridgehead atoms. The minimum atomic E-state index is -0.816. The summed E-state index contributed by atoms with van der Waals surface area (Å²) in [6, 6.07) is 11.4. The second-order valence-corrected chi connectivity index (χ2v) is 6.32. The molecule has 1 amide bonds. The molecule has 8 heteroatoms. The second-order valence-electron chi connectivity index (χ2n) is 6.32.